The van der Waals surface area contributed by atoms with Crippen LogP contribution < -0.4 is 15.5 Å². The first-order valence-electron chi connectivity index (χ1n) is 10.8. The van der Waals surface area contributed by atoms with E-state index in [1.165, 1.54) is 0 Å². The van der Waals surface area contributed by atoms with Crippen LogP contribution in [0.15, 0.2) is 97.1 Å². The van der Waals surface area contributed by atoms with Crippen molar-refractivity contribution in [2.75, 3.05) is 15.5 Å². The predicted octanol–water partition coefficient (Wildman–Crippen LogP) is 5.79. The maximum absolute atomic E-state index is 12.9. The highest BCUT2D eigenvalue weighted by Gasteiger charge is 2.36. The molecule has 0 unspecified atom stereocenters. The molecule has 0 aromatic heterocycles. The molecule has 6 nitrogen and oxygen atoms in total. The van der Waals surface area contributed by atoms with Crippen molar-refractivity contribution in [3.05, 3.63) is 119 Å². The summed E-state index contributed by atoms with van der Waals surface area (Å²) in [7, 11) is 0. The van der Waals surface area contributed by atoms with E-state index in [1.807, 2.05) is 55.5 Å². The number of aryl methyl sites for hydroxylation is 1. The first-order valence-corrected chi connectivity index (χ1v) is 10.8. The van der Waals surface area contributed by atoms with Crippen LogP contribution in [0.4, 0.5) is 22.7 Å². The molecule has 166 valence electrons. The molecular weight excluding hydrogens is 426 g/mol. The minimum atomic E-state index is -0.367. The molecule has 0 saturated heterocycles. The second kappa shape index (κ2) is 8.67. The number of hydrogen-bond donors (Lipinski definition) is 2. The van der Waals surface area contributed by atoms with Crippen molar-refractivity contribution in [3.8, 4) is 0 Å². The predicted molar refractivity (Wildman–Crippen MR) is 133 cm³/mol. The van der Waals surface area contributed by atoms with Crippen molar-refractivity contribution in [1.82, 2.24) is 0 Å². The zero-order valence-electron chi connectivity index (χ0n) is 18.4. The molecule has 0 saturated carbocycles. The molecule has 0 radical (unpaired) electrons. The van der Waals surface area contributed by atoms with Gasteiger partial charge in [-0.25, -0.2) is 4.90 Å². The van der Waals surface area contributed by atoms with Crippen LogP contribution in [0.3, 0.4) is 0 Å². The third-order valence-corrected chi connectivity index (χ3v) is 5.69. The second-order valence-corrected chi connectivity index (χ2v) is 8.03. The number of hydrogen-bond acceptors (Lipinski definition) is 4. The molecular formula is C28H21N3O3. The number of benzene rings is 4. The molecule has 0 fully saturated rings. The highest BCUT2D eigenvalue weighted by Crippen LogP contribution is 2.29. The van der Waals surface area contributed by atoms with Crippen molar-refractivity contribution in [3.63, 3.8) is 0 Å². The van der Waals surface area contributed by atoms with Gasteiger partial charge >= 0.3 is 0 Å². The number of nitrogens with zero attached hydrogens (tertiary/aromatic N) is 1. The number of anilines is 4. The Morgan fingerprint density at radius 2 is 1.24 bits per heavy atom. The van der Waals surface area contributed by atoms with Gasteiger partial charge in [0.25, 0.3) is 17.7 Å². The summed E-state index contributed by atoms with van der Waals surface area (Å²) in [6.07, 6.45) is 0. The zero-order valence-corrected chi connectivity index (χ0v) is 18.4. The fourth-order valence-electron chi connectivity index (χ4n) is 3.87. The number of rotatable bonds is 5. The quantitative estimate of drug-likeness (QED) is 0.380. The maximum atomic E-state index is 12.9. The third-order valence-electron chi connectivity index (χ3n) is 5.69. The molecule has 4 aromatic carbocycles. The van der Waals surface area contributed by atoms with E-state index < -0.39 is 0 Å². The summed E-state index contributed by atoms with van der Waals surface area (Å²) in [5, 5.41) is 6.26. The maximum Gasteiger partial charge on any atom is 0.266 e. The van der Waals surface area contributed by atoms with E-state index in [9.17, 15) is 14.4 Å². The molecule has 3 amide bonds. The Labute approximate surface area is 196 Å². The average Bonchev–Trinajstić information content (AvgIpc) is 3.12. The first-order chi connectivity index (χ1) is 16.5. The van der Waals surface area contributed by atoms with E-state index >= 15 is 0 Å². The van der Waals surface area contributed by atoms with Gasteiger partial charge < -0.3 is 10.6 Å². The van der Waals surface area contributed by atoms with Gasteiger partial charge in [-0.3, -0.25) is 14.4 Å². The number of carbonyl (C=O) groups is 3. The van der Waals surface area contributed by atoms with Gasteiger partial charge in [-0.1, -0.05) is 42.0 Å². The highest BCUT2D eigenvalue weighted by molar-refractivity contribution is 6.34. The van der Waals surface area contributed by atoms with Crippen molar-refractivity contribution < 1.29 is 14.4 Å². The number of para-hydroxylation sites is 2. The van der Waals surface area contributed by atoms with Crippen molar-refractivity contribution >= 4 is 40.5 Å². The Morgan fingerprint density at radius 1 is 0.676 bits per heavy atom. The SMILES string of the molecule is Cc1ccc(Nc2ccccc2NC(=O)c2ccc(N3C(=O)c4ccccc4C3=O)cc2)cc1. The van der Waals surface area contributed by atoms with Crippen LogP contribution in [0.2, 0.25) is 0 Å². The van der Waals surface area contributed by atoms with Crippen LogP contribution in [0.5, 0.6) is 0 Å². The monoisotopic (exact) mass is 447 g/mol. The first kappa shape index (κ1) is 21.2. The Bertz CT molecular complexity index is 1370. The molecule has 2 N–H and O–H groups in total. The van der Waals surface area contributed by atoms with Crippen molar-refractivity contribution in [1.29, 1.82) is 0 Å². The van der Waals surface area contributed by atoms with Gasteiger partial charge in [0.2, 0.25) is 0 Å². The van der Waals surface area contributed by atoms with Crippen LogP contribution in [0.1, 0.15) is 36.6 Å². The van der Waals surface area contributed by atoms with Gasteiger partial charge in [-0.05, 0) is 67.6 Å². The fourth-order valence-corrected chi connectivity index (χ4v) is 3.87. The van der Waals surface area contributed by atoms with E-state index in [2.05, 4.69) is 10.6 Å². The number of nitrogens with one attached hydrogen (secondary N) is 2. The normalized spacial score (nSPS) is 12.4. The summed E-state index contributed by atoms with van der Waals surface area (Å²) in [4.78, 5) is 39.4. The number of imide groups is 1. The average molecular weight is 447 g/mol. The van der Waals surface area contributed by atoms with E-state index in [0.717, 1.165) is 21.8 Å². The van der Waals surface area contributed by atoms with Gasteiger partial charge in [-0.2, -0.15) is 0 Å². The van der Waals surface area contributed by atoms with E-state index in [4.69, 9.17) is 0 Å². The number of fused-ring (bicyclic) bond motifs is 1. The lowest BCUT2D eigenvalue weighted by Gasteiger charge is -2.15. The summed E-state index contributed by atoms with van der Waals surface area (Å²) in [6.45, 7) is 2.03. The third kappa shape index (κ3) is 3.93. The van der Waals surface area contributed by atoms with Crippen LogP contribution in [0.25, 0.3) is 0 Å². The molecule has 1 heterocycles. The summed E-state index contributed by atoms with van der Waals surface area (Å²) in [5.74, 6) is -1.03. The highest BCUT2D eigenvalue weighted by atomic mass is 16.2. The van der Waals surface area contributed by atoms with Gasteiger partial charge in [0.15, 0.2) is 0 Å². The van der Waals surface area contributed by atoms with Crippen LogP contribution in [-0.4, -0.2) is 17.7 Å². The molecule has 0 atom stereocenters. The topological polar surface area (TPSA) is 78.5 Å². The molecule has 6 heteroatoms. The Balaban J connectivity index is 1.33. The lowest BCUT2D eigenvalue weighted by Crippen LogP contribution is -2.29. The largest absolute Gasteiger partial charge is 0.354 e. The molecule has 1 aliphatic heterocycles. The lowest BCUT2D eigenvalue weighted by molar-refractivity contribution is 0.0925. The lowest BCUT2D eigenvalue weighted by atomic mass is 10.1. The van der Waals surface area contributed by atoms with Gasteiger partial charge in [0.05, 0.1) is 28.2 Å². The van der Waals surface area contributed by atoms with Gasteiger partial charge in [0.1, 0.15) is 0 Å². The molecule has 34 heavy (non-hydrogen) atoms. The molecule has 1 aliphatic rings. The van der Waals surface area contributed by atoms with Gasteiger partial charge in [0, 0.05) is 11.3 Å². The smallest absolute Gasteiger partial charge is 0.266 e. The van der Waals surface area contributed by atoms with E-state index in [-0.39, 0.29) is 17.7 Å². The summed E-state index contributed by atoms with van der Waals surface area (Å²) < 4.78 is 0. The molecule has 0 aliphatic carbocycles. The standard InChI is InChI=1S/C28H21N3O3/c1-18-10-14-20(15-11-18)29-24-8-4-5-9-25(24)30-26(32)19-12-16-21(17-13-19)31-27(33)22-6-2-3-7-23(22)28(31)34/h2-17,29H,1H3,(H,30,32). The Hall–Kier alpha value is -4.71. The van der Waals surface area contributed by atoms with Gasteiger partial charge in [-0.15, -0.1) is 0 Å². The summed E-state index contributed by atoms with van der Waals surface area (Å²) in [5.41, 5.74) is 5.07. The van der Waals surface area contributed by atoms with Crippen LogP contribution in [-0.2, 0) is 0 Å². The summed E-state index contributed by atoms with van der Waals surface area (Å²) >= 11 is 0. The van der Waals surface area contributed by atoms with E-state index in [1.54, 1.807) is 48.5 Å². The molecule has 0 bridgehead atoms. The fraction of sp³-hybridized carbons (Fsp3) is 0.0357. The summed E-state index contributed by atoms with van der Waals surface area (Å²) in [6, 6.07) is 28.6. The van der Waals surface area contributed by atoms with Crippen LogP contribution >= 0.6 is 0 Å². The zero-order chi connectivity index (χ0) is 23.7. The minimum absolute atomic E-state index is 0.299. The molecule has 5 rings (SSSR count). The van der Waals surface area contributed by atoms with Crippen LogP contribution in [0, 0.1) is 6.92 Å². The Morgan fingerprint density at radius 3 is 1.85 bits per heavy atom. The number of carbonyl (C=O) groups excluding carboxylic acids is 3. The van der Waals surface area contributed by atoms with Crippen molar-refractivity contribution in [2.45, 2.75) is 6.92 Å². The van der Waals surface area contributed by atoms with E-state index in [0.29, 0.717) is 28.1 Å². The minimum Gasteiger partial charge on any atom is -0.354 e. The second-order valence-electron chi connectivity index (χ2n) is 8.03. The van der Waals surface area contributed by atoms with Crippen molar-refractivity contribution in [2.24, 2.45) is 0 Å². The molecule has 0 spiro atoms. The Kier molecular flexibility index (Phi) is 5.40. The number of amides is 3. The molecule has 4 aromatic rings.